The Bertz CT molecular complexity index is 423. The summed E-state index contributed by atoms with van der Waals surface area (Å²) in [6.07, 6.45) is 1.93. The molecule has 2 heterocycles. The molecule has 0 aromatic rings. The van der Waals surface area contributed by atoms with Gasteiger partial charge in [-0.1, -0.05) is 0 Å². The minimum absolute atomic E-state index is 0.0295. The van der Waals surface area contributed by atoms with E-state index in [9.17, 15) is 14.9 Å². The summed E-state index contributed by atoms with van der Waals surface area (Å²) >= 11 is 0. The number of ether oxygens (including phenoxy) is 2. The molecule has 2 fully saturated rings. The van der Waals surface area contributed by atoms with Crippen molar-refractivity contribution in [1.82, 2.24) is 15.1 Å². The van der Waals surface area contributed by atoms with Gasteiger partial charge in [0.25, 0.3) is 5.96 Å². The van der Waals surface area contributed by atoms with E-state index in [4.69, 9.17) is 4.74 Å². The van der Waals surface area contributed by atoms with Crippen LogP contribution in [0.25, 0.3) is 0 Å². The second kappa shape index (κ2) is 7.18. The van der Waals surface area contributed by atoms with E-state index >= 15 is 0 Å². The summed E-state index contributed by atoms with van der Waals surface area (Å²) in [5.41, 5.74) is 0. The van der Waals surface area contributed by atoms with Crippen molar-refractivity contribution in [3.8, 4) is 0 Å². The van der Waals surface area contributed by atoms with E-state index in [0.717, 1.165) is 12.8 Å². The van der Waals surface area contributed by atoms with Crippen LogP contribution in [0, 0.1) is 10.1 Å². The summed E-state index contributed by atoms with van der Waals surface area (Å²) in [6.45, 7) is 1.96. The fourth-order valence-electron chi connectivity index (χ4n) is 2.36. The monoisotopic (exact) mass is 301 g/mol. The third-order valence-electron chi connectivity index (χ3n) is 3.34. The first-order valence-corrected chi connectivity index (χ1v) is 6.71. The van der Waals surface area contributed by atoms with Crippen LogP contribution in [0.2, 0.25) is 0 Å². The van der Waals surface area contributed by atoms with Crippen LogP contribution in [-0.2, 0) is 14.3 Å². The Kier molecular flexibility index (Phi) is 5.28. The van der Waals surface area contributed by atoms with Crippen LogP contribution in [-0.4, -0.2) is 73.0 Å². The lowest BCUT2D eigenvalue weighted by Gasteiger charge is -2.37. The van der Waals surface area contributed by atoms with Gasteiger partial charge in [0.2, 0.25) is 0 Å². The average Bonchev–Trinajstić information content (AvgIpc) is 2.94. The van der Waals surface area contributed by atoms with Crippen LogP contribution in [0.1, 0.15) is 12.8 Å². The summed E-state index contributed by atoms with van der Waals surface area (Å²) in [5, 5.41) is 16.1. The lowest BCUT2D eigenvalue weighted by molar-refractivity contribution is -0.486. The van der Waals surface area contributed by atoms with Crippen LogP contribution in [0.5, 0.6) is 0 Å². The number of carbonyl (C=O) groups is 1. The number of nitrogens with one attached hydrogen (secondary N) is 1. The number of hydrogen-bond acceptors (Lipinski definition) is 6. The number of hydrogen-bond donors (Lipinski definition) is 1. The summed E-state index contributed by atoms with van der Waals surface area (Å²) < 4.78 is 10.2. The lowest BCUT2D eigenvalue weighted by atomic mass is 10.2. The molecular weight excluding hydrogens is 282 g/mol. The van der Waals surface area contributed by atoms with Gasteiger partial charge in [-0.2, -0.15) is 0 Å². The van der Waals surface area contributed by atoms with Crippen LogP contribution in [0.15, 0.2) is 5.10 Å². The van der Waals surface area contributed by atoms with Gasteiger partial charge in [0.1, 0.15) is 5.10 Å². The van der Waals surface area contributed by atoms with E-state index in [-0.39, 0.29) is 24.6 Å². The molecule has 1 N–H and O–H groups in total. The quantitative estimate of drug-likeness (QED) is 0.391. The smallest absolute Gasteiger partial charge is 0.319 e. The highest BCUT2D eigenvalue weighted by molar-refractivity contribution is 5.80. The molecule has 2 aliphatic rings. The highest BCUT2D eigenvalue weighted by Gasteiger charge is 2.29. The molecule has 1 unspecified atom stereocenters. The maximum atomic E-state index is 11.3. The molecule has 10 heteroatoms. The van der Waals surface area contributed by atoms with Crippen LogP contribution >= 0.6 is 0 Å². The van der Waals surface area contributed by atoms with Gasteiger partial charge >= 0.3 is 5.97 Å². The number of methoxy groups -OCH3 is 1. The molecule has 1 atom stereocenters. The third-order valence-corrected chi connectivity index (χ3v) is 3.34. The van der Waals surface area contributed by atoms with Gasteiger partial charge in [-0.15, -0.1) is 0 Å². The lowest BCUT2D eigenvalue weighted by Crippen LogP contribution is -2.59. The number of hydrazone groups is 1. The van der Waals surface area contributed by atoms with Crippen molar-refractivity contribution in [2.24, 2.45) is 5.10 Å². The molecule has 0 saturated carbocycles. The number of esters is 1. The minimum atomic E-state index is -0.735. The summed E-state index contributed by atoms with van der Waals surface area (Å²) in [6, 6.07) is 0. The Hall–Kier alpha value is -1.94. The summed E-state index contributed by atoms with van der Waals surface area (Å²) in [4.78, 5) is 25.4. The van der Waals surface area contributed by atoms with Crippen molar-refractivity contribution in [2.75, 3.05) is 40.1 Å². The molecule has 0 amide bonds. The van der Waals surface area contributed by atoms with Crippen LogP contribution < -0.4 is 5.32 Å². The molecular formula is C11H19N5O5. The standard InChI is InChI=1S/C11H19N5O5/c1-20-10(17)6-14-7-12-11(13-16(18)19)15(8-14)5-9-3-2-4-21-9/h9H,2-8H2,1H3,(H,12,13). The summed E-state index contributed by atoms with van der Waals surface area (Å²) in [5.74, 6) is -0.167. The first-order chi connectivity index (χ1) is 10.1. The van der Waals surface area contributed by atoms with Crippen molar-refractivity contribution in [2.45, 2.75) is 18.9 Å². The molecule has 0 radical (unpaired) electrons. The average molecular weight is 301 g/mol. The van der Waals surface area contributed by atoms with Crippen molar-refractivity contribution in [3.63, 3.8) is 0 Å². The normalized spacial score (nSPS) is 24.9. The number of rotatable bonds is 5. The molecule has 2 saturated heterocycles. The fraction of sp³-hybridized carbons (Fsp3) is 0.818. The van der Waals surface area contributed by atoms with Gasteiger partial charge in [0.15, 0.2) is 5.03 Å². The van der Waals surface area contributed by atoms with Gasteiger partial charge in [0.05, 0.1) is 33.1 Å². The molecule has 0 bridgehead atoms. The van der Waals surface area contributed by atoms with Gasteiger partial charge in [0, 0.05) is 13.2 Å². The number of guanidine groups is 1. The SMILES string of the molecule is COC(=O)CN1CN/C(=N\[N+](=O)[O-])N(CC2CCCO2)C1. The molecule has 0 spiro atoms. The Labute approximate surface area is 121 Å². The van der Waals surface area contributed by atoms with Crippen molar-refractivity contribution >= 4 is 11.9 Å². The number of carbonyl (C=O) groups excluding carboxylic acids is 1. The largest absolute Gasteiger partial charge is 0.468 e. The molecule has 10 nitrogen and oxygen atoms in total. The highest BCUT2D eigenvalue weighted by atomic mass is 16.7. The molecule has 118 valence electrons. The van der Waals surface area contributed by atoms with Crippen molar-refractivity contribution in [3.05, 3.63) is 10.1 Å². The Morgan fingerprint density at radius 2 is 2.48 bits per heavy atom. The van der Waals surface area contributed by atoms with Crippen LogP contribution in [0.3, 0.4) is 0 Å². The summed E-state index contributed by atoms with van der Waals surface area (Å²) in [7, 11) is 1.32. The number of nitrogens with zero attached hydrogens (tertiary/aromatic N) is 4. The van der Waals surface area contributed by atoms with Gasteiger partial charge < -0.3 is 19.7 Å². The zero-order chi connectivity index (χ0) is 15.2. The maximum absolute atomic E-state index is 11.3. The van der Waals surface area contributed by atoms with E-state index in [2.05, 4.69) is 15.2 Å². The molecule has 0 aromatic heterocycles. The van der Waals surface area contributed by atoms with E-state index in [1.165, 1.54) is 7.11 Å². The van der Waals surface area contributed by atoms with Crippen molar-refractivity contribution < 1.29 is 19.3 Å². The maximum Gasteiger partial charge on any atom is 0.319 e. The predicted molar refractivity (Wildman–Crippen MR) is 71.7 cm³/mol. The van der Waals surface area contributed by atoms with Gasteiger partial charge in [-0.3, -0.25) is 9.69 Å². The Balaban J connectivity index is 2.00. The molecule has 0 aromatic carbocycles. The molecule has 2 rings (SSSR count). The number of nitro groups is 1. The second-order valence-electron chi connectivity index (χ2n) is 4.90. The minimum Gasteiger partial charge on any atom is -0.468 e. The Morgan fingerprint density at radius 3 is 3.10 bits per heavy atom. The topological polar surface area (TPSA) is 110 Å². The zero-order valence-electron chi connectivity index (χ0n) is 11.9. The van der Waals surface area contributed by atoms with Crippen LogP contribution in [0.4, 0.5) is 0 Å². The van der Waals surface area contributed by atoms with E-state index < -0.39 is 5.03 Å². The first kappa shape index (κ1) is 15.4. The highest BCUT2D eigenvalue weighted by Crippen LogP contribution is 2.14. The molecule has 0 aliphatic carbocycles. The van der Waals surface area contributed by atoms with Crippen molar-refractivity contribution in [1.29, 1.82) is 0 Å². The van der Waals surface area contributed by atoms with Gasteiger partial charge in [-0.05, 0) is 12.8 Å². The zero-order valence-corrected chi connectivity index (χ0v) is 11.9. The molecule has 2 aliphatic heterocycles. The second-order valence-corrected chi connectivity index (χ2v) is 4.90. The predicted octanol–water partition coefficient (Wildman–Crippen LogP) is -0.992. The van der Waals surface area contributed by atoms with Gasteiger partial charge in [-0.25, -0.2) is 10.1 Å². The fourth-order valence-corrected chi connectivity index (χ4v) is 2.36. The van der Waals surface area contributed by atoms with E-state index in [0.29, 0.717) is 26.5 Å². The van der Waals surface area contributed by atoms with E-state index in [1.54, 1.807) is 9.80 Å². The first-order valence-electron chi connectivity index (χ1n) is 6.71. The Morgan fingerprint density at radius 1 is 1.67 bits per heavy atom. The van der Waals surface area contributed by atoms with E-state index in [1.807, 2.05) is 0 Å². The third kappa shape index (κ3) is 4.53. The molecule has 21 heavy (non-hydrogen) atoms.